The number of hydrogen-bond acceptors (Lipinski definition) is 6. The van der Waals surface area contributed by atoms with Crippen molar-refractivity contribution in [3.8, 4) is 0 Å². The van der Waals surface area contributed by atoms with Gasteiger partial charge in [0.05, 0.1) is 19.3 Å². The molecule has 0 aliphatic carbocycles. The Labute approximate surface area is 83.9 Å². The summed E-state index contributed by atoms with van der Waals surface area (Å²) in [5, 5.41) is 19.9. The molecule has 1 fully saturated rings. The Morgan fingerprint density at radius 2 is 2.57 bits per heavy atom. The van der Waals surface area contributed by atoms with Crippen LogP contribution in [0.5, 0.6) is 0 Å². The van der Waals surface area contributed by atoms with Crippen LogP contribution in [0.15, 0.2) is 5.51 Å². The lowest BCUT2D eigenvalue weighted by molar-refractivity contribution is -0.141. The van der Waals surface area contributed by atoms with Gasteiger partial charge in [-0.1, -0.05) is 11.3 Å². The second kappa shape index (κ2) is 3.89. The number of aliphatic carboxylic acids is 1. The lowest BCUT2D eigenvalue weighted by Gasteiger charge is -2.13. The first-order valence-corrected chi connectivity index (χ1v) is 4.98. The lowest BCUT2D eigenvalue weighted by atomic mass is 10.1. The first-order valence-electron chi connectivity index (χ1n) is 4.10. The van der Waals surface area contributed by atoms with Gasteiger partial charge >= 0.3 is 5.97 Å². The maximum atomic E-state index is 10.8. The van der Waals surface area contributed by atoms with Crippen LogP contribution in [0.4, 0.5) is 5.13 Å². The van der Waals surface area contributed by atoms with Crippen LogP contribution in [0.2, 0.25) is 0 Å². The number of carboxylic acids is 1. The zero-order valence-electron chi connectivity index (χ0n) is 7.21. The highest BCUT2D eigenvalue weighted by molar-refractivity contribution is 7.13. The predicted octanol–water partition coefficient (Wildman–Crippen LogP) is 0.0496. The monoisotopic (exact) mass is 215 g/mol. The Bertz CT molecular complexity index is 316. The summed E-state index contributed by atoms with van der Waals surface area (Å²) in [6.45, 7) is 0.655. The molecule has 2 atom stereocenters. The van der Waals surface area contributed by atoms with Crippen LogP contribution < -0.4 is 5.32 Å². The second-order valence-corrected chi connectivity index (χ2v) is 3.81. The molecule has 0 aromatic carbocycles. The molecule has 2 unspecified atom stereocenters. The van der Waals surface area contributed by atoms with Crippen molar-refractivity contribution < 1.29 is 14.6 Å². The summed E-state index contributed by atoms with van der Waals surface area (Å²) in [4.78, 5) is 10.8. The average molecular weight is 215 g/mol. The van der Waals surface area contributed by atoms with Gasteiger partial charge in [-0.25, -0.2) is 0 Å². The Morgan fingerprint density at radius 1 is 1.71 bits per heavy atom. The number of ether oxygens (including phenoxy) is 1. The molecule has 2 heterocycles. The van der Waals surface area contributed by atoms with Gasteiger partial charge in [-0.05, 0) is 0 Å². The molecule has 0 bridgehead atoms. The topological polar surface area (TPSA) is 84.3 Å². The number of aromatic nitrogens is 2. The highest BCUT2D eigenvalue weighted by Crippen LogP contribution is 2.19. The van der Waals surface area contributed by atoms with Gasteiger partial charge in [0.15, 0.2) is 0 Å². The fourth-order valence-corrected chi connectivity index (χ4v) is 1.84. The minimum absolute atomic E-state index is 0.208. The van der Waals surface area contributed by atoms with Crippen molar-refractivity contribution in [1.82, 2.24) is 10.2 Å². The summed E-state index contributed by atoms with van der Waals surface area (Å²) in [6, 6.07) is -0.208. The summed E-state index contributed by atoms with van der Waals surface area (Å²) >= 11 is 1.34. The molecule has 1 aliphatic heterocycles. The van der Waals surface area contributed by atoms with Crippen molar-refractivity contribution in [3.63, 3.8) is 0 Å². The molecule has 6 nitrogen and oxygen atoms in total. The minimum atomic E-state index is -0.843. The van der Waals surface area contributed by atoms with Gasteiger partial charge in [-0.3, -0.25) is 4.79 Å². The van der Waals surface area contributed by atoms with E-state index in [1.807, 2.05) is 0 Å². The maximum Gasteiger partial charge on any atom is 0.311 e. The van der Waals surface area contributed by atoms with E-state index in [2.05, 4.69) is 15.5 Å². The Morgan fingerprint density at radius 3 is 3.21 bits per heavy atom. The van der Waals surface area contributed by atoms with Gasteiger partial charge in [-0.2, -0.15) is 0 Å². The molecule has 0 saturated carbocycles. The number of hydrogen-bond donors (Lipinski definition) is 2. The molecule has 14 heavy (non-hydrogen) atoms. The van der Waals surface area contributed by atoms with Gasteiger partial charge in [0.1, 0.15) is 11.4 Å². The lowest BCUT2D eigenvalue weighted by Crippen LogP contribution is -2.33. The highest BCUT2D eigenvalue weighted by atomic mass is 32.1. The van der Waals surface area contributed by atoms with Gasteiger partial charge in [0.2, 0.25) is 5.13 Å². The number of carbonyl (C=O) groups is 1. The molecule has 0 radical (unpaired) electrons. The van der Waals surface area contributed by atoms with Crippen molar-refractivity contribution in [2.75, 3.05) is 18.5 Å². The highest BCUT2D eigenvalue weighted by Gasteiger charge is 2.34. The van der Waals surface area contributed by atoms with Crippen LogP contribution >= 0.6 is 11.3 Å². The molecule has 7 heteroatoms. The molecular weight excluding hydrogens is 206 g/mol. The largest absolute Gasteiger partial charge is 0.481 e. The van der Waals surface area contributed by atoms with Crippen LogP contribution in [0.1, 0.15) is 0 Å². The van der Waals surface area contributed by atoms with Crippen LogP contribution in [0.3, 0.4) is 0 Å². The number of nitrogens with zero attached hydrogens (tertiary/aromatic N) is 2. The smallest absolute Gasteiger partial charge is 0.311 e. The van der Waals surface area contributed by atoms with Crippen molar-refractivity contribution in [2.45, 2.75) is 6.04 Å². The third kappa shape index (κ3) is 1.83. The van der Waals surface area contributed by atoms with E-state index < -0.39 is 11.9 Å². The summed E-state index contributed by atoms with van der Waals surface area (Å²) in [5.41, 5.74) is 1.59. The first kappa shape index (κ1) is 9.35. The summed E-state index contributed by atoms with van der Waals surface area (Å²) in [6.07, 6.45) is 0. The summed E-state index contributed by atoms with van der Waals surface area (Å²) in [5.74, 6) is -1.34. The molecule has 2 rings (SSSR count). The van der Waals surface area contributed by atoms with E-state index in [0.717, 1.165) is 0 Å². The quantitative estimate of drug-likeness (QED) is 0.741. The van der Waals surface area contributed by atoms with Crippen molar-refractivity contribution in [1.29, 1.82) is 0 Å². The predicted molar refractivity (Wildman–Crippen MR) is 49.3 cm³/mol. The zero-order chi connectivity index (χ0) is 9.97. The van der Waals surface area contributed by atoms with E-state index in [1.54, 1.807) is 5.51 Å². The number of rotatable bonds is 3. The van der Waals surface area contributed by atoms with Crippen molar-refractivity contribution in [2.24, 2.45) is 5.92 Å². The molecule has 76 valence electrons. The number of carboxylic acid groups (broad SMARTS) is 1. The third-order valence-corrected chi connectivity index (χ3v) is 2.69. The SMILES string of the molecule is O=C(O)C1COCC1Nc1nncs1. The molecular formula is C7H9N3O3S. The van der Waals surface area contributed by atoms with Crippen LogP contribution in [-0.2, 0) is 9.53 Å². The molecule has 0 amide bonds. The van der Waals surface area contributed by atoms with E-state index in [9.17, 15) is 4.79 Å². The molecule has 1 aromatic heterocycles. The van der Waals surface area contributed by atoms with Crippen LogP contribution in [0.25, 0.3) is 0 Å². The van der Waals surface area contributed by atoms with E-state index in [-0.39, 0.29) is 12.6 Å². The van der Waals surface area contributed by atoms with E-state index in [0.29, 0.717) is 11.7 Å². The maximum absolute atomic E-state index is 10.8. The standard InChI is InChI=1S/C7H9N3O3S/c11-6(12)4-1-13-2-5(4)9-7-10-8-3-14-7/h3-5H,1-2H2,(H,9,10)(H,11,12). The minimum Gasteiger partial charge on any atom is -0.481 e. The van der Waals surface area contributed by atoms with Crippen molar-refractivity contribution in [3.05, 3.63) is 5.51 Å². The first-order chi connectivity index (χ1) is 6.77. The summed E-state index contributed by atoms with van der Waals surface area (Å²) in [7, 11) is 0. The number of nitrogens with one attached hydrogen (secondary N) is 1. The molecule has 1 aliphatic rings. The fourth-order valence-electron chi connectivity index (χ4n) is 1.33. The molecule has 2 N–H and O–H groups in total. The second-order valence-electron chi connectivity index (χ2n) is 2.98. The molecule has 0 spiro atoms. The van der Waals surface area contributed by atoms with Gasteiger partial charge in [0, 0.05) is 0 Å². The van der Waals surface area contributed by atoms with Gasteiger partial charge in [0.25, 0.3) is 0 Å². The van der Waals surface area contributed by atoms with E-state index in [4.69, 9.17) is 9.84 Å². The van der Waals surface area contributed by atoms with E-state index >= 15 is 0 Å². The third-order valence-electron chi connectivity index (χ3n) is 2.07. The van der Waals surface area contributed by atoms with Crippen LogP contribution in [-0.4, -0.2) is 40.5 Å². The molecule has 1 saturated heterocycles. The van der Waals surface area contributed by atoms with Crippen molar-refractivity contribution >= 4 is 22.4 Å². The average Bonchev–Trinajstić information content (AvgIpc) is 2.75. The van der Waals surface area contributed by atoms with Gasteiger partial charge in [-0.15, -0.1) is 10.2 Å². The Kier molecular flexibility index (Phi) is 2.60. The Balaban J connectivity index is 2.00. The zero-order valence-corrected chi connectivity index (χ0v) is 8.03. The normalized spacial score (nSPS) is 26.3. The fraction of sp³-hybridized carbons (Fsp3) is 0.571. The number of anilines is 1. The summed E-state index contributed by atoms with van der Waals surface area (Å²) < 4.78 is 5.09. The molecule has 1 aromatic rings. The van der Waals surface area contributed by atoms with E-state index in [1.165, 1.54) is 11.3 Å². The Hall–Kier alpha value is -1.21. The van der Waals surface area contributed by atoms with Crippen LogP contribution in [0, 0.1) is 5.92 Å². The van der Waals surface area contributed by atoms with Gasteiger partial charge < -0.3 is 15.2 Å².